The van der Waals surface area contributed by atoms with Crippen LogP contribution in [0.4, 0.5) is 5.69 Å². The van der Waals surface area contributed by atoms with Crippen molar-refractivity contribution in [1.29, 1.82) is 0 Å². The van der Waals surface area contributed by atoms with E-state index in [2.05, 4.69) is 9.97 Å². The van der Waals surface area contributed by atoms with E-state index in [1.165, 1.54) is 0 Å². The molecule has 0 aliphatic carbocycles. The summed E-state index contributed by atoms with van der Waals surface area (Å²) in [5, 5.41) is 0. The van der Waals surface area contributed by atoms with Crippen LogP contribution in [-0.4, -0.2) is 52.4 Å². The monoisotopic (exact) mass is 394 g/mol. The fraction of sp³-hybridized carbons (Fsp3) is 0.455. The number of nitrogens with zero attached hydrogens (tertiary/aromatic N) is 4. The van der Waals surface area contributed by atoms with Gasteiger partial charge in [-0.2, -0.15) is 4.98 Å². The molecule has 4 rings (SSSR count). The molecule has 2 fully saturated rings. The third-order valence-electron chi connectivity index (χ3n) is 5.46. The highest BCUT2D eigenvalue weighted by Crippen LogP contribution is 2.27. The van der Waals surface area contributed by atoms with Crippen molar-refractivity contribution >= 4 is 17.5 Å². The highest BCUT2D eigenvalue weighted by atomic mass is 16.5. The van der Waals surface area contributed by atoms with Gasteiger partial charge in [-0.25, -0.2) is 4.98 Å². The first-order valence-electron chi connectivity index (χ1n) is 10.1. The van der Waals surface area contributed by atoms with Crippen LogP contribution < -0.4 is 9.64 Å². The first-order chi connectivity index (χ1) is 14.0. The van der Waals surface area contributed by atoms with Gasteiger partial charge in [-0.3, -0.25) is 9.59 Å². The van der Waals surface area contributed by atoms with Crippen molar-refractivity contribution in [3.8, 4) is 5.88 Å². The van der Waals surface area contributed by atoms with Gasteiger partial charge in [-0.1, -0.05) is 18.2 Å². The lowest BCUT2D eigenvalue weighted by atomic mass is 10.0. The van der Waals surface area contributed by atoms with Crippen molar-refractivity contribution < 1.29 is 14.3 Å². The average molecular weight is 394 g/mol. The summed E-state index contributed by atoms with van der Waals surface area (Å²) in [5.41, 5.74) is 1.71. The Hall–Kier alpha value is -2.96. The number of benzene rings is 1. The topological polar surface area (TPSA) is 75.6 Å². The predicted octanol–water partition coefficient (Wildman–Crippen LogP) is 2.52. The van der Waals surface area contributed by atoms with Gasteiger partial charge in [0.1, 0.15) is 11.9 Å². The molecule has 0 saturated carbocycles. The molecule has 0 bridgehead atoms. The van der Waals surface area contributed by atoms with Gasteiger partial charge in [0.05, 0.1) is 12.5 Å². The van der Waals surface area contributed by atoms with Crippen LogP contribution in [0.3, 0.4) is 0 Å². The summed E-state index contributed by atoms with van der Waals surface area (Å²) in [5.74, 6) is 0.978. The van der Waals surface area contributed by atoms with Crippen LogP contribution in [0.5, 0.6) is 5.88 Å². The van der Waals surface area contributed by atoms with Gasteiger partial charge in [-0.05, 0) is 38.8 Å². The molecular formula is C22H26N4O3. The molecule has 3 heterocycles. The predicted molar refractivity (Wildman–Crippen MR) is 109 cm³/mol. The van der Waals surface area contributed by atoms with E-state index >= 15 is 0 Å². The second-order valence-corrected chi connectivity index (χ2v) is 7.80. The maximum Gasteiger partial charge on any atom is 0.228 e. The summed E-state index contributed by atoms with van der Waals surface area (Å²) in [4.78, 5) is 37.7. The number of para-hydroxylation sites is 1. The van der Waals surface area contributed by atoms with Crippen molar-refractivity contribution in [1.82, 2.24) is 14.9 Å². The smallest absolute Gasteiger partial charge is 0.228 e. The van der Waals surface area contributed by atoms with Crippen molar-refractivity contribution in [3.63, 3.8) is 0 Å². The lowest BCUT2D eigenvalue weighted by Gasteiger charge is -2.34. The summed E-state index contributed by atoms with van der Waals surface area (Å²) in [7, 11) is 0. The minimum atomic E-state index is -0.301. The Morgan fingerprint density at radius 3 is 2.69 bits per heavy atom. The minimum Gasteiger partial charge on any atom is -0.472 e. The molecule has 0 radical (unpaired) electrons. The Balaban J connectivity index is 1.39. The van der Waals surface area contributed by atoms with E-state index in [9.17, 15) is 9.59 Å². The van der Waals surface area contributed by atoms with Crippen LogP contribution in [-0.2, 0) is 9.59 Å². The minimum absolute atomic E-state index is 0.00583. The molecule has 152 valence electrons. The quantitative estimate of drug-likeness (QED) is 0.797. The molecule has 29 heavy (non-hydrogen) atoms. The average Bonchev–Trinajstić information content (AvgIpc) is 3.09. The highest BCUT2D eigenvalue weighted by molar-refractivity contribution is 6.00. The Morgan fingerprint density at radius 2 is 1.93 bits per heavy atom. The van der Waals surface area contributed by atoms with E-state index in [0.717, 1.165) is 24.2 Å². The summed E-state index contributed by atoms with van der Waals surface area (Å²) in [6.45, 7) is 5.42. The Labute approximate surface area is 170 Å². The fourth-order valence-corrected chi connectivity index (χ4v) is 4.14. The van der Waals surface area contributed by atoms with Crippen LogP contribution in [0.25, 0.3) is 0 Å². The Kier molecular flexibility index (Phi) is 5.47. The van der Waals surface area contributed by atoms with Crippen molar-refractivity contribution in [2.75, 3.05) is 24.5 Å². The van der Waals surface area contributed by atoms with Gasteiger partial charge in [0.15, 0.2) is 0 Å². The number of carbonyl (C=O) groups is 2. The number of hydrogen-bond donors (Lipinski definition) is 0. The molecule has 7 heteroatoms. The Bertz CT molecular complexity index is 882. The van der Waals surface area contributed by atoms with Crippen LogP contribution in [0.15, 0.2) is 36.4 Å². The van der Waals surface area contributed by atoms with Crippen LogP contribution in [0.1, 0.15) is 30.8 Å². The Morgan fingerprint density at radius 1 is 1.14 bits per heavy atom. The molecule has 2 amide bonds. The number of anilines is 1. The third-order valence-corrected chi connectivity index (χ3v) is 5.46. The number of rotatable bonds is 4. The number of piperidine rings is 1. The van der Waals surface area contributed by atoms with E-state index in [1.807, 2.05) is 55.1 Å². The standard InChI is InChI=1S/C22H26N4O3/c1-15-11-20(24-16(2)23-15)29-19-9-6-10-25(14-19)22(28)17-12-21(27)26(13-17)18-7-4-3-5-8-18/h3-5,7-8,11,17,19H,6,9-10,12-14H2,1-2H3. The zero-order valence-corrected chi connectivity index (χ0v) is 16.9. The molecule has 2 aliphatic heterocycles. The molecule has 0 N–H and O–H groups in total. The van der Waals surface area contributed by atoms with Gasteiger partial charge >= 0.3 is 0 Å². The van der Waals surface area contributed by atoms with E-state index in [-0.39, 0.29) is 30.3 Å². The molecule has 2 unspecified atom stereocenters. The fourth-order valence-electron chi connectivity index (χ4n) is 4.14. The van der Waals surface area contributed by atoms with E-state index in [1.54, 1.807) is 4.90 Å². The first kappa shape index (κ1) is 19.4. The number of carbonyl (C=O) groups excluding carboxylic acids is 2. The molecule has 2 saturated heterocycles. The lowest BCUT2D eigenvalue weighted by molar-refractivity contribution is -0.138. The second kappa shape index (κ2) is 8.19. The molecule has 1 aromatic heterocycles. The van der Waals surface area contributed by atoms with Gasteiger partial charge in [-0.15, -0.1) is 0 Å². The van der Waals surface area contributed by atoms with Crippen LogP contribution in [0.2, 0.25) is 0 Å². The third kappa shape index (κ3) is 4.39. The molecule has 2 aliphatic rings. The second-order valence-electron chi connectivity index (χ2n) is 7.80. The summed E-state index contributed by atoms with van der Waals surface area (Å²) in [6, 6.07) is 11.4. The first-order valence-corrected chi connectivity index (χ1v) is 10.1. The van der Waals surface area contributed by atoms with Crippen LogP contribution >= 0.6 is 0 Å². The largest absolute Gasteiger partial charge is 0.472 e. The maximum atomic E-state index is 13.1. The molecule has 0 spiro atoms. The van der Waals surface area contributed by atoms with E-state index in [0.29, 0.717) is 31.3 Å². The highest BCUT2D eigenvalue weighted by Gasteiger charge is 2.38. The van der Waals surface area contributed by atoms with Crippen molar-refractivity contribution in [2.24, 2.45) is 5.92 Å². The van der Waals surface area contributed by atoms with E-state index < -0.39 is 0 Å². The van der Waals surface area contributed by atoms with Gasteiger partial charge in [0.25, 0.3) is 0 Å². The zero-order valence-electron chi connectivity index (χ0n) is 16.9. The number of aryl methyl sites for hydroxylation is 2. The summed E-state index contributed by atoms with van der Waals surface area (Å²) >= 11 is 0. The number of likely N-dealkylation sites (tertiary alicyclic amines) is 1. The summed E-state index contributed by atoms with van der Waals surface area (Å²) in [6.07, 6.45) is 1.93. The van der Waals surface area contributed by atoms with Crippen molar-refractivity contribution in [3.05, 3.63) is 47.9 Å². The van der Waals surface area contributed by atoms with Gasteiger partial charge < -0.3 is 14.5 Å². The number of amides is 2. The van der Waals surface area contributed by atoms with E-state index in [4.69, 9.17) is 4.74 Å². The molecule has 7 nitrogen and oxygen atoms in total. The zero-order chi connectivity index (χ0) is 20.4. The molecular weight excluding hydrogens is 368 g/mol. The number of hydrogen-bond acceptors (Lipinski definition) is 5. The molecule has 1 aromatic carbocycles. The number of aromatic nitrogens is 2. The van der Waals surface area contributed by atoms with Crippen molar-refractivity contribution in [2.45, 2.75) is 39.2 Å². The number of ether oxygens (including phenoxy) is 1. The molecule has 2 aromatic rings. The molecule has 2 atom stereocenters. The summed E-state index contributed by atoms with van der Waals surface area (Å²) < 4.78 is 6.05. The van der Waals surface area contributed by atoms with Crippen LogP contribution in [0, 0.1) is 19.8 Å². The van der Waals surface area contributed by atoms with Gasteiger partial charge in [0.2, 0.25) is 17.7 Å². The SMILES string of the molecule is Cc1cc(OC2CCCN(C(=O)C3CC(=O)N(c4ccccc4)C3)C2)nc(C)n1. The maximum absolute atomic E-state index is 13.1. The normalized spacial score (nSPS) is 22.1. The van der Waals surface area contributed by atoms with Gasteiger partial charge in [0, 0.05) is 37.0 Å². The lowest BCUT2D eigenvalue weighted by Crippen LogP contribution is -2.47.